The van der Waals surface area contributed by atoms with Gasteiger partial charge < -0.3 is 14.8 Å². The third-order valence-electron chi connectivity index (χ3n) is 4.39. The van der Waals surface area contributed by atoms with E-state index in [1.165, 1.54) is 0 Å². The van der Waals surface area contributed by atoms with E-state index in [4.69, 9.17) is 9.47 Å². The minimum atomic E-state index is -0.471. The molecule has 7 nitrogen and oxygen atoms in total. The lowest BCUT2D eigenvalue weighted by Crippen LogP contribution is -2.54. The Morgan fingerprint density at radius 3 is 2.43 bits per heavy atom. The maximum absolute atomic E-state index is 12.2. The highest BCUT2D eigenvalue weighted by molar-refractivity contribution is 5.96. The first-order valence-electron chi connectivity index (χ1n) is 8.46. The molecular formula is C16H29N3O4. The van der Waals surface area contributed by atoms with E-state index in [9.17, 15) is 9.59 Å². The number of likely N-dealkylation sites (tertiary alicyclic amines) is 1. The highest BCUT2D eigenvalue weighted by Gasteiger charge is 2.43. The first-order chi connectivity index (χ1) is 10.8. The second-order valence-corrected chi connectivity index (χ2v) is 6.96. The van der Waals surface area contributed by atoms with Gasteiger partial charge in [-0.2, -0.15) is 0 Å². The number of hydrogen-bond donors (Lipinski definition) is 2. The average Bonchev–Trinajstić information content (AvgIpc) is 2.86. The Bertz CT molecular complexity index is 433. The Labute approximate surface area is 138 Å². The number of urea groups is 1. The van der Waals surface area contributed by atoms with Crippen molar-refractivity contribution in [2.24, 2.45) is 5.92 Å². The zero-order chi connectivity index (χ0) is 17.0. The molecule has 0 radical (unpaired) electrons. The zero-order valence-corrected chi connectivity index (χ0v) is 14.6. The first-order valence-corrected chi connectivity index (χ1v) is 8.46. The van der Waals surface area contributed by atoms with Gasteiger partial charge >= 0.3 is 6.03 Å². The molecule has 0 bridgehead atoms. The van der Waals surface area contributed by atoms with Gasteiger partial charge in [0, 0.05) is 32.5 Å². The molecule has 2 atom stereocenters. The molecule has 1 spiro atoms. The van der Waals surface area contributed by atoms with Crippen molar-refractivity contribution in [3.05, 3.63) is 0 Å². The van der Waals surface area contributed by atoms with E-state index in [0.29, 0.717) is 19.1 Å². The van der Waals surface area contributed by atoms with E-state index in [1.54, 1.807) is 0 Å². The summed E-state index contributed by atoms with van der Waals surface area (Å²) in [6, 6.07) is -0.781. The summed E-state index contributed by atoms with van der Waals surface area (Å²) in [7, 11) is 0. The van der Waals surface area contributed by atoms with E-state index in [1.807, 2.05) is 27.7 Å². The van der Waals surface area contributed by atoms with Crippen LogP contribution in [-0.4, -0.2) is 61.0 Å². The molecule has 2 N–H and O–H groups in total. The van der Waals surface area contributed by atoms with Crippen LogP contribution in [-0.2, 0) is 14.3 Å². The molecule has 0 aliphatic carbocycles. The van der Waals surface area contributed by atoms with Crippen molar-refractivity contribution in [3.63, 3.8) is 0 Å². The summed E-state index contributed by atoms with van der Waals surface area (Å²) in [6.45, 7) is 10.4. The molecule has 0 aromatic heterocycles. The van der Waals surface area contributed by atoms with Gasteiger partial charge in [-0.25, -0.2) is 4.79 Å². The lowest BCUT2D eigenvalue weighted by molar-refractivity contribution is -0.195. The van der Waals surface area contributed by atoms with Crippen molar-refractivity contribution in [1.82, 2.24) is 15.5 Å². The maximum atomic E-state index is 12.2. The van der Waals surface area contributed by atoms with Gasteiger partial charge in [0.1, 0.15) is 0 Å². The summed E-state index contributed by atoms with van der Waals surface area (Å²) < 4.78 is 11.7. The molecular weight excluding hydrogens is 298 g/mol. The molecule has 3 amide bonds. The Morgan fingerprint density at radius 2 is 1.91 bits per heavy atom. The molecule has 0 aromatic rings. The monoisotopic (exact) mass is 327 g/mol. The Hall–Kier alpha value is -1.18. The van der Waals surface area contributed by atoms with Crippen molar-refractivity contribution < 1.29 is 19.1 Å². The van der Waals surface area contributed by atoms with E-state index < -0.39 is 11.8 Å². The third-order valence-corrected chi connectivity index (χ3v) is 4.39. The van der Waals surface area contributed by atoms with Crippen LogP contribution in [0.2, 0.25) is 0 Å². The van der Waals surface area contributed by atoms with Gasteiger partial charge in [0.2, 0.25) is 5.91 Å². The molecule has 2 saturated heterocycles. The van der Waals surface area contributed by atoms with E-state index >= 15 is 0 Å². The summed E-state index contributed by atoms with van der Waals surface area (Å²) in [5.74, 6) is -0.398. The second kappa shape index (κ2) is 7.59. The van der Waals surface area contributed by atoms with Crippen LogP contribution in [0.4, 0.5) is 4.79 Å². The van der Waals surface area contributed by atoms with Gasteiger partial charge in [0.25, 0.3) is 0 Å². The van der Waals surface area contributed by atoms with Crippen LogP contribution < -0.4 is 10.6 Å². The number of piperidine rings is 1. The van der Waals surface area contributed by atoms with Crippen molar-refractivity contribution in [1.29, 1.82) is 0 Å². The molecule has 2 heterocycles. The maximum Gasteiger partial charge on any atom is 0.321 e. The van der Waals surface area contributed by atoms with Crippen LogP contribution >= 0.6 is 0 Å². The fraction of sp³-hybridized carbons (Fsp3) is 0.875. The molecule has 7 heteroatoms. The van der Waals surface area contributed by atoms with Crippen LogP contribution in [0.1, 0.15) is 40.5 Å². The Morgan fingerprint density at radius 1 is 1.26 bits per heavy atom. The normalized spacial score (nSPS) is 25.5. The number of imide groups is 1. The number of amides is 3. The molecule has 2 fully saturated rings. The van der Waals surface area contributed by atoms with E-state index in [2.05, 4.69) is 15.5 Å². The van der Waals surface area contributed by atoms with Crippen molar-refractivity contribution >= 4 is 11.9 Å². The summed E-state index contributed by atoms with van der Waals surface area (Å²) in [6.07, 6.45) is 1.62. The van der Waals surface area contributed by atoms with Crippen LogP contribution in [0.15, 0.2) is 0 Å². The van der Waals surface area contributed by atoms with Gasteiger partial charge in [-0.1, -0.05) is 13.8 Å². The molecule has 0 aromatic carbocycles. The number of hydrogen-bond acceptors (Lipinski definition) is 5. The topological polar surface area (TPSA) is 79.9 Å². The molecule has 2 rings (SSSR count). The van der Waals surface area contributed by atoms with Gasteiger partial charge in [0.15, 0.2) is 5.79 Å². The quantitative estimate of drug-likeness (QED) is 0.808. The third kappa shape index (κ3) is 4.89. The van der Waals surface area contributed by atoms with Crippen molar-refractivity contribution in [2.75, 3.05) is 26.2 Å². The summed E-state index contributed by atoms with van der Waals surface area (Å²) >= 11 is 0. The SMILES string of the molecule is CC(C)CNC(=O)NC(=O)[C@@H](C)N1CCC2(CC1)OC[C@H](C)O2. The zero-order valence-electron chi connectivity index (χ0n) is 14.6. The van der Waals surface area contributed by atoms with Crippen molar-refractivity contribution in [2.45, 2.75) is 58.5 Å². The van der Waals surface area contributed by atoms with Gasteiger partial charge in [-0.3, -0.25) is 15.0 Å². The number of rotatable bonds is 4. The van der Waals surface area contributed by atoms with Gasteiger partial charge in [-0.15, -0.1) is 0 Å². The minimum absolute atomic E-state index is 0.131. The fourth-order valence-corrected chi connectivity index (χ4v) is 2.94. The Balaban J connectivity index is 1.76. The first kappa shape index (κ1) is 18.2. The number of carbonyl (C=O) groups excluding carboxylic acids is 2. The molecule has 0 unspecified atom stereocenters. The highest BCUT2D eigenvalue weighted by atomic mass is 16.7. The fourth-order valence-electron chi connectivity index (χ4n) is 2.94. The van der Waals surface area contributed by atoms with E-state index in [0.717, 1.165) is 25.9 Å². The standard InChI is InChI=1S/C16H29N3O4/c1-11(2)9-17-15(21)18-14(20)13(4)19-7-5-16(6-8-19)22-10-12(3)23-16/h11-13H,5-10H2,1-4H3,(H2,17,18,20,21)/t12-,13+/m0/s1. The predicted molar refractivity (Wildman–Crippen MR) is 85.9 cm³/mol. The molecule has 23 heavy (non-hydrogen) atoms. The minimum Gasteiger partial charge on any atom is -0.347 e. The lowest BCUT2D eigenvalue weighted by Gasteiger charge is -2.39. The van der Waals surface area contributed by atoms with Crippen LogP contribution in [0.25, 0.3) is 0 Å². The van der Waals surface area contributed by atoms with E-state index in [-0.39, 0.29) is 18.1 Å². The summed E-state index contributed by atoms with van der Waals surface area (Å²) in [5, 5.41) is 5.09. The van der Waals surface area contributed by atoms with Crippen LogP contribution in [0.3, 0.4) is 0 Å². The number of nitrogens with one attached hydrogen (secondary N) is 2. The summed E-state index contributed by atoms with van der Waals surface area (Å²) in [4.78, 5) is 25.9. The average molecular weight is 327 g/mol. The molecule has 132 valence electrons. The van der Waals surface area contributed by atoms with Gasteiger partial charge in [0.05, 0.1) is 18.8 Å². The van der Waals surface area contributed by atoms with Gasteiger partial charge in [-0.05, 0) is 19.8 Å². The summed E-state index contributed by atoms with van der Waals surface area (Å²) in [5.41, 5.74) is 0. The molecule has 2 aliphatic heterocycles. The van der Waals surface area contributed by atoms with Crippen LogP contribution in [0.5, 0.6) is 0 Å². The number of nitrogens with zero attached hydrogens (tertiary/aromatic N) is 1. The lowest BCUT2D eigenvalue weighted by atomic mass is 10.0. The largest absolute Gasteiger partial charge is 0.347 e. The number of carbonyl (C=O) groups is 2. The predicted octanol–water partition coefficient (Wildman–Crippen LogP) is 1.08. The highest BCUT2D eigenvalue weighted by Crippen LogP contribution is 2.34. The number of ether oxygens (including phenoxy) is 2. The second-order valence-electron chi connectivity index (χ2n) is 6.96. The van der Waals surface area contributed by atoms with Crippen LogP contribution in [0, 0.1) is 5.92 Å². The Kier molecular flexibility index (Phi) is 6.00. The smallest absolute Gasteiger partial charge is 0.321 e. The molecule has 2 aliphatic rings. The molecule has 0 saturated carbocycles. The van der Waals surface area contributed by atoms with Crippen molar-refractivity contribution in [3.8, 4) is 0 Å².